The fourth-order valence-corrected chi connectivity index (χ4v) is 3.13. The van der Waals surface area contributed by atoms with E-state index < -0.39 is 12.1 Å². The second-order valence-electron chi connectivity index (χ2n) is 6.93. The average Bonchev–Trinajstić information content (AvgIpc) is 3.02. The zero-order chi connectivity index (χ0) is 19.8. The van der Waals surface area contributed by atoms with Gasteiger partial charge in [0.2, 0.25) is 5.91 Å². The molecule has 0 spiro atoms. The predicted molar refractivity (Wildman–Crippen MR) is 104 cm³/mol. The SMILES string of the molecule is CC#CCC(C)[C@@H](O)/C=C/[C@H]1CCC(=O)N1CCc1ccc(C(=O)O)cc1. The number of benzene rings is 1. The Bertz CT molecular complexity index is 742. The summed E-state index contributed by atoms with van der Waals surface area (Å²) in [5.74, 6) is 5.03. The molecule has 2 rings (SSSR count). The lowest BCUT2D eigenvalue weighted by Gasteiger charge is -2.23. The molecule has 1 aliphatic heterocycles. The fraction of sp³-hybridized carbons (Fsp3) is 0.455. The molecule has 0 aliphatic carbocycles. The number of aliphatic hydroxyl groups is 1. The Morgan fingerprint density at radius 3 is 2.70 bits per heavy atom. The van der Waals surface area contributed by atoms with Gasteiger partial charge in [0.25, 0.3) is 0 Å². The topological polar surface area (TPSA) is 77.8 Å². The van der Waals surface area contributed by atoms with Crippen LogP contribution in [0.2, 0.25) is 0 Å². The first-order valence-corrected chi connectivity index (χ1v) is 9.30. The van der Waals surface area contributed by atoms with Gasteiger partial charge in [0, 0.05) is 19.4 Å². The van der Waals surface area contributed by atoms with Crippen molar-refractivity contribution >= 4 is 11.9 Å². The zero-order valence-corrected chi connectivity index (χ0v) is 15.9. The maximum absolute atomic E-state index is 12.2. The highest BCUT2D eigenvalue weighted by molar-refractivity contribution is 5.87. The Hall–Kier alpha value is -2.58. The molecule has 3 atom stereocenters. The predicted octanol–water partition coefficient (Wildman–Crippen LogP) is 2.88. The van der Waals surface area contributed by atoms with Crippen LogP contribution in [0.5, 0.6) is 0 Å². The third-order valence-electron chi connectivity index (χ3n) is 4.93. The second kappa shape index (κ2) is 9.94. The number of rotatable bonds is 8. The number of nitrogens with zero attached hydrogens (tertiary/aromatic N) is 1. The molecule has 0 aromatic heterocycles. The van der Waals surface area contributed by atoms with Crippen LogP contribution in [0.15, 0.2) is 36.4 Å². The number of hydrogen-bond acceptors (Lipinski definition) is 3. The van der Waals surface area contributed by atoms with Crippen molar-refractivity contribution in [2.45, 2.75) is 51.7 Å². The van der Waals surface area contributed by atoms with Gasteiger partial charge in [0.1, 0.15) is 0 Å². The minimum atomic E-state index is -0.945. The molecule has 144 valence electrons. The maximum Gasteiger partial charge on any atom is 0.335 e. The molecule has 1 unspecified atom stereocenters. The Balaban J connectivity index is 1.93. The van der Waals surface area contributed by atoms with Gasteiger partial charge < -0.3 is 15.1 Å². The van der Waals surface area contributed by atoms with E-state index in [1.807, 2.05) is 17.9 Å². The molecule has 1 amide bonds. The van der Waals surface area contributed by atoms with Crippen molar-refractivity contribution in [1.29, 1.82) is 0 Å². The Morgan fingerprint density at radius 1 is 1.37 bits per heavy atom. The van der Waals surface area contributed by atoms with E-state index in [2.05, 4.69) is 11.8 Å². The Morgan fingerprint density at radius 2 is 2.07 bits per heavy atom. The third kappa shape index (κ3) is 5.97. The molecule has 5 heteroatoms. The molecule has 1 aliphatic rings. The van der Waals surface area contributed by atoms with Crippen LogP contribution in [0.1, 0.15) is 49.0 Å². The van der Waals surface area contributed by atoms with E-state index in [0.29, 0.717) is 25.8 Å². The van der Waals surface area contributed by atoms with Gasteiger partial charge in [-0.1, -0.05) is 31.2 Å². The molecule has 1 aromatic rings. The van der Waals surface area contributed by atoms with E-state index in [9.17, 15) is 14.7 Å². The van der Waals surface area contributed by atoms with Crippen LogP contribution in [0.25, 0.3) is 0 Å². The quantitative estimate of drug-likeness (QED) is 0.546. The lowest BCUT2D eigenvalue weighted by Crippen LogP contribution is -2.34. The van der Waals surface area contributed by atoms with Crippen LogP contribution in [0, 0.1) is 17.8 Å². The van der Waals surface area contributed by atoms with Gasteiger partial charge >= 0.3 is 5.97 Å². The fourth-order valence-electron chi connectivity index (χ4n) is 3.13. The van der Waals surface area contributed by atoms with Crippen molar-refractivity contribution < 1.29 is 19.8 Å². The number of likely N-dealkylation sites (tertiary alicyclic amines) is 1. The van der Waals surface area contributed by atoms with Gasteiger partial charge in [0.15, 0.2) is 0 Å². The average molecular weight is 369 g/mol. The van der Waals surface area contributed by atoms with E-state index >= 15 is 0 Å². The van der Waals surface area contributed by atoms with Crippen molar-refractivity contribution in [3.8, 4) is 11.8 Å². The smallest absolute Gasteiger partial charge is 0.335 e. The first-order chi connectivity index (χ1) is 12.9. The molecule has 0 saturated carbocycles. The summed E-state index contributed by atoms with van der Waals surface area (Å²) in [6, 6.07) is 6.73. The van der Waals surface area contributed by atoms with Gasteiger partial charge in [-0.05, 0) is 43.4 Å². The standard InChI is InChI=1S/C22H27NO4/c1-3-4-5-16(2)20(24)12-10-19-11-13-21(25)23(19)15-14-17-6-8-18(9-7-17)22(26)27/h6-10,12,16,19-20,24H,5,11,13-15H2,1-2H3,(H,26,27)/b12-10+/t16?,19-,20-/m0/s1. The molecule has 2 N–H and O–H groups in total. The van der Waals surface area contributed by atoms with Crippen molar-refractivity contribution in [1.82, 2.24) is 4.90 Å². The highest BCUT2D eigenvalue weighted by Crippen LogP contribution is 2.21. The molecule has 1 aromatic carbocycles. The summed E-state index contributed by atoms with van der Waals surface area (Å²) < 4.78 is 0. The molecule has 5 nitrogen and oxygen atoms in total. The monoisotopic (exact) mass is 369 g/mol. The number of amides is 1. The first-order valence-electron chi connectivity index (χ1n) is 9.30. The number of hydrogen-bond donors (Lipinski definition) is 2. The van der Waals surface area contributed by atoms with Crippen molar-refractivity contribution in [2.75, 3.05) is 6.54 Å². The van der Waals surface area contributed by atoms with Crippen molar-refractivity contribution in [2.24, 2.45) is 5.92 Å². The summed E-state index contributed by atoms with van der Waals surface area (Å²) in [6.07, 6.45) is 5.71. The van der Waals surface area contributed by atoms with Gasteiger partial charge in [-0.3, -0.25) is 4.79 Å². The summed E-state index contributed by atoms with van der Waals surface area (Å²) >= 11 is 0. The van der Waals surface area contributed by atoms with E-state index in [1.54, 1.807) is 37.3 Å². The van der Waals surface area contributed by atoms with Crippen LogP contribution in [-0.2, 0) is 11.2 Å². The van der Waals surface area contributed by atoms with Crippen molar-refractivity contribution in [3.63, 3.8) is 0 Å². The van der Waals surface area contributed by atoms with E-state index in [1.165, 1.54) is 0 Å². The molecule has 0 bridgehead atoms. The van der Waals surface area contributed by atoms with Crippen LogP contribution < -0.4 is 0 Å². The molecular weight excluding hydrogens is 342 g/mol. The highest BCUT2D eigenvalue weighted by Gasteiger charge is 2.28. The molecule has 1 heterocycles. The van der Waals surface area contributed by atoms with Crippen LogP contribution >= 0.6 is 0 Å². The normalized spacial score (nSPS) is 19.0. The molecule has 27 heavy (non-hydrogen) atoms. The Labute approximate surface area is 160 Å². The summed E-state index contributed by atoms with van der Waals surface area (Å²) in [5.41, 5.74) is 1.25. The minimum absolute atomic E-state index is 0.00472. The number of carbonyl (C=O) groups is 2. The zero-order valence-electron chi connectivity index (χ0n) is 15.9. The van der Waals surface area contributed by atoms with Gasteiger partial charge in [0.05, 0.1) is 17.7 Å². The van der Waals surface area contributed by atoms with E-state index in [0.717, 1.165) is 12.0 Å². The van der Waals surface area contributed by atoms with Crippen LogP contribution in [0.4, 0.5) is 0 Å². The largest absolute Gasteiger partial charge is 0.478 e. The van der Waals surface area contributed by atoms with E-state index in [4.69, 9.17) is 5.11 Å². The van der Waals surface area contributed by atoms with Crippen LogP contribution in [-0.4, -0.2) is 45.7 Å². The number of carboxylic acid groups (broad SMARTS) is 1. The van der Waals surface area contributed by atoms with E-state index in [-0.39, 0.29) is 23.4 Å². The molecular formula is C22H27NO4. The molecule has 1 fully saturated rings. The number of carbonyl (C=O) groups excluding carboxylic acids is 1. The molecule has 0 radical (unpaired) electrons. The van der Waals surface area contributed by atoms with Gasteiger partial charge in [-0.25, -0.2) is 4.79 Å². The summed E-state index contributed by atoms with van der Waals surface area (Å²) in [4.78, 5) is 25.0. The maximum atomic E-state index is 12.2. The minimum Gasteiger partial charge on any atom is -0.478 e. The lowest BCUT2D eigenvalue weighted by molar-refractivity contribution is -0.128. The third-order valence-corrected chi connectivity index (χ3v) is 4.93. The highest BCUT2D eigenvalue weighted by atomic mass is 16.4. The summed E-state index contributed by atoms with van der Waals surface area (Å²) in [6.45, 7) is 4.32. The molecule has 1 saturated heterocycles. The van der Waals surface area contributed by atoms with Crippen molar-refractivity contribution in [3.05, 3.63) is 47.5 Å². The summed E-state index contributed by atoms with van der Waals surface area (Å²) in [7, 11) is 0. The Kier molecular flexibility index (Phi) is 7.63. The second-order valence-corrected chi connectivity index (χ2v) is 6.93. The number of aliphatic hydroxyl groups excluding tert-OH is 1. The van der Waals surface area contributed by atoms with Crippen LogP contribution in [0.3, 0.4) is 0 Å². The van der Waals surface area contributed by atoms with Gasteiger partial charge in [-0.15, -0.1) is 11.8 Å². The lowest BCUT2D eigenvalue weighted by atomic mass is 10.00. The number of carboxylic acids is 1. The first kappa shape index (κ1) is 20.7. The van der Waals surface area contributed by atoms with Gasteiger partial charge in [-0.2, -0.15) is 0 Å². The summed E-state index contributed by atoms with van der Waals surface area (Å²) in [5, 5.41) is 19.2. The number of aromatic carboxylic acids is 1.